The molecule has 0 amide bonds. The number of aromatic carboxylic acids is 1. The summed E-state index contributed by atoms with van der Waals surface area (Å²) in [6.07, 6.45) is 3.19. The third-order valence-electron chi connectivity index (χ3n) is 3.79. The van der Waals surface area contributed by atoms with Gasteiger partial charge in [0.05, 0.1) is 29.9 Å². The second kappa shape index (κ2) is 6.76. The Balaban J connectivity index is 2.06. The number of methoxy groups -OCH3 is 1. The lowest BCUT2D eigenvalue weighted by Gasteiger charge is -2.03. The van der Waals surface area contributed by atoms with Crippen molar-refractivity contribution in [2.24, 2.45) is 0 Å². The molecule has 0 fully saturated rings. The smallest absolute Gasteiger partial charge is 0.336 e. The molecule has 2 aromatic heterocycles. The molecule has 0 aliphatic carbocycles. The van der Waals surface area contributed by atoms with Gasteiger partial charge in [0.2, 0.25) is 0 Å². The number of carboxylic acid groups (broad SMARTS) is 1. The van der Waals surface area contributed by atoms with Gasteiger partial charge < -0.3 is 9.84 Å². The maximum atomic E-state index is 13.7. The van der Waals surface area contributed by atoms with Crippen LogP contribution in [-0.4, -0.2) is 39.6 Å². The van der Waals surface area contributed by atoms with Crippen molar-refractivity contribution >= 4 is 16.9 Å². The number of carbonyl (C=O) groups is 1. The van der Waals surface area contributed by atoms with E-state index in [1.165, 1.54) is 30.6 Å². The molecule has 0 aliphatic rings. The van der Waals surface area contributed by atoms with E-state index in [9.17, 15) is 14.3 Å². The van der Waals surface area contributed by atoms with Crippen molar-refractivity contribution in [3.8, 4) is 0 Å². The van der Waals surface area contributed by atoms with E-state index in [0.717, 1.165) is 5.52 Å². The van der Waals surface area contributed by atoms with Crippen LogP contribution in [0.25, 0.3) is 10.9 Å². The SMILES string of the molecule is COCCn1nc(Cc2cnccc2C(=O)O)c2cc(F)ccc21. The Morgan fingerprint density at radius 1 is 1.38 bits per heavy atom. The highest BCUT2D eigenvalue weighted by molar-refractivity contribution is 5.89. The van der Waals surface area contributed by atoms with Crippen LogP contribution in [0.5, 0.6) is 0 Å². The molecule has 0 atom stereocenters. The van der Waals surface area contributed by atoms with Gasteiger partial charge in [0.25, 0.3) is 0 Å². The van der Waals surface area contributed by atoms with Crippen LogP contribution in [0.3, 0.4) is 0 Å². The van der Waals surface area contributed by atoms with Gasteiger partial charge in [-0.25, -0.2) is 9.18 Å². The van der Waals surface area contributed by atoms with Crippen molar-refractivity contribution in [3.05, 3.63) is 59.3 Å². The van der Waals surface area contributed by atoms with Crippen LogP contribution in [0, 0.1) is 5.82 Å². The van der Waals surface area contributed by atoms with Gasteiger partial charge in [-0.1, -0.05) is 0 Å². The first-order valence-electron chi connectivity index (χ1n) is 7.40. The van der Waals surface area contributed by atoms with Crippen molar-refractivity contribution in [2.45, 2.75) is 13.0 Å². The number of benzene rings is 1. The maximum Gasteiger partial charge on any atom is 0.336 e. The Hall–Kier alpha value is -2.80. The number of carboxylic acids is 1. The molecular weight excluding hydrogens is 313 g/mol. The number of aromatic nitrogens is 3. The minimum atomic E-state index is -1.03. The van der Waals surface area contributed by atoms with Gasteiger partial charge in [-0.05, 0) is 29.8 Å². The molecule has 3 rings (SSSR count). The fraction of sp³-hybridized carbons (Fsp3) is 0.235. The van der Waals surface area contributed by atoms with E-state index >= 15 is 0 Å². The summed E-state index contributed by atoms with van der Waals surface area (Å²) >= 11 is 0. The zero-order valence-electron chi connectivity index (χ0n) is 13.1. The summed E-state index contributed by atoms with van der Waals surface area (Å²) in [7, 11) is 1.60. The fourth-order valence-electron chi connectivity index (χ4n) is 2.65. The quantitative estimate of drug-likeness (QED) is 0.752. The summed E-state index contributed by atoms with van der Waals surface area (Å²) in [5.41, 5.74) is 2.09. The third kappa shape index (κ3) is 3.11. The van der Waals surface area contributed by atoms with E-state index < -0.39 is 5.97 Å². The van der Waals surface area contributed by atoms with E-state index in [1.54, 1.807) is 17.9 Å². The second-order valence-corrected chi connectivity index (χ2v) is 5.34. The average molecular weight is 329 g/mol. The molecule has 0 saturated heterocycles. The summed E-state index contributed by atoms with van der Waals surface area (Å²) in [6, 6.07) is 5.90. The van der Waals surface area contributed by atoms with Gasteiger partial charge in [-0.3, -0.25) is 9.67 Å². The number of fused-ring (bicyclic) bond motifs is 1. The van der Waals surface area contributed by atoms with E-state index in [0.29, 0.717) is 29.8 Å². The molecule has 0 aliphatic heterocycles. The number of hydrogen-bond acceptors (Lipinski definition) is 4. The van der Waals surface area contributed by atoms with Crippen LogP contribution in [0.2, 0.25) is 0 Å². The van der Waals surface area contributed by atoms with Crippen LogP contribution in [0.4, 0.5) is 4.39 Å². The third-order valence-corrected chi connectivity index (χ3v) is 3.79. The number of ether oxygens (including phenoxy) is 1. The lowest BCUT2D eigenvalue weighted by atomic mass is 10.0. The Morgan fingerprint density at radius 3 is 2.96 bits per heavy atom. The predicted octanol–water partition coefficient (Wildman–Crippen LogP) is 2.51. The number of halogens is 1. The first-order valence-corrected chi connectivity index (χ1v) is 7.40. The molecule has 0 spiro atoms. The number of rotatable bonds is 6. The van der Waals surface area contributed by atoms with Gasteiger partial charge in [0.15, 0.2) is 0 Å². The van der Waals surface area contributed by atoms with Gasteiger partial charge >= 0.3 is 5.97 Å². The molecule has 7 heteroatoms. The van der Waals surface area contributed by atoms with Crippen molar-refractivity contribution in [1.82, 2.24) is 14.8 Å². The van der Waals surface area contributed by atoms with E-state index in [1.807, 2.05) is 0 Å². The minimum absolute atomic E-state index is 0.168. The summed E-state index contributed by atoms with van der Waals surface area (Å²) in [6.45, 7) is 0.998. The van der Waals surface area contributed by atoms with E-state index in [4.69, 9.17) is 4.74 Å². The zero-order valence-corrected chi connectivity index (χ0v) is 13.1. The molecule has 1 aromatic carbocycles. The molecule has 24 heavy (non-hydrogen) atoms. The van der Waals surface area contributed by atoms with E-state index in [-0.39, 0.29) is 17.8 Å². The highest BCUT2D eigenvalue weighted by atomic mass is 19.1. The van der Waals surface area contributed by atoms with Crippen molar-refractivity contribution < 1.29 is 19.0 Å². The summed E-state index contributed by atoms with van der Waals surface area (Å²) in [5.74, 6) is -1.39. The number of nitrogens with zero attached hydrogens (tertiary/aromatic N) is 3. The Labute approximate surface area is 137 Å². The fourth-order valence-corrected chi connectivity index (χ4v) is 2.65. The van der Waals surface area contributed by atoms with Gasteiger partial charge in [-0.2, -0.15) is 5.10 Å². The number of pyridine rings is 1. The lowest BCUT2D eigenvalue weighted by molar-refractivity contribution is 0.0695. The normalized spacial score (nSPS) is 11.1. The summed E-state index contributed by atoms with van der Waals surface area (Å²) < 4.78 is 20.5. The average Bonchev–Trinajstić information content (AvgIpc) is 2.90. The minimum Gasteiger partial charge on any atom is -0.478 e. The van der Waals surface area contributed by atoms with E-state index in [2.05, 4.69) is 10.1 Å². The zero-order chi connectivity index (χ0) is 17.1. The molecular formula is C17H16FN3O3. The van der Waals surface area contributed by atoms with Gasteiger partial charge in [0.1, 0.15) is 5.82 Å². The molecule has 3 aromatic rings. The highest BCUT2D eigenvalue weighted by Crippen LogP contribution is 2.23. The van der Waals surface area contributed by atoms with Gasteiger partial charge in [0, 0.05) is 31.3 Å². The lowest BCUT2D eigenvalue weighted by Crippen LogP contribution is -2.07. The van der Waals surface area contributed by atoms with Crippen molar-refractivity contribution in [3.63, 3.8) is 0 Å². The highest BCUT2D eigenvalue weighted by Gasteiger charge is 2.16. The molecule has 6 nitrogen and oxygen atoms in total. The Morgan fingerprint density at radius 2 is 2.21 bits per heavy atom. The van der Waals surface area contributed by atoms with Gasteiger partial charge in [-0.15, -0.1) is 0 Å². The Kier molecular flexibility index (Phi) is 4.52. The predicted molar refractivity (Wildman–Crippen MR) is 85.6 cm³/mol. The molecule has 124 valence electrons. The summed E-state index contributed by atoms with van der Waals surface area (Å²) in [5, 5.41) is 14.5. The van der Waals surface area contributed by atoms with Crippen molar-refractivity contribution in [1.29, 1.82) is 0 Å². The monoisotopic (exact) mass is 329 g/mol. The molecule has 2 heterocycles. The largest absolute Gasteiger partial charge is 0.478 e. The number of hydrogen-bond donors (Lipinski definition) is 1. The standard InChI is InChI=1S/C17H16FN3O3/c1-24-7-6-21-16-3-2-12(18)9-14(16)15(20-21)8-11-10-19-5-4-13(11)17(22)23/h2-5,9-10H,6-8H2,1H3,(H,22,23). The Bertz CT molecular complexity index is 892. The first-order chi connectivity index (χ1) is 11.6. The first kappa shape index (κ1) is 16.1. The van der Waals surface area contributed by atoms with Crippen LogP contribution in [0.15, 0.2) is 36.7 Å². The van der Waals surface area contributed by atoms with Crippen LogP contribution in [-0.2, 0) is 17.7 Å². The topological polar surface area (TPSA) is 77.2 Å². The molecule has 0 saturated carbocycles. The van der Waals surface area contributed by atoms with Crippen molar-refractivity contribution in [2.75, 3.05) is 13.7 Å². The van der Waals surface area contributed by atoms with Crippen LogP contribution < -0.4 is 0 Å². The maximum absolute atomic E-state index is 13.7. The van der Waals surface area contributed by atoms with Crippen LogP contribution in [0.1, 0.15) is 21.6 Å². The van der Waals surface area contributed by atoms with Crippen LogP contribution >= 0.6 is 0 Å². The summed E-state index contributed by atoms with van der Waals surface area (Å²) in [4.78, 5) is 15.3. The molecule has 0 radical (unpaired) electrons. The molecule has 0 unspecified atom stereocenters. The molecule has 1 N–H and O–H groups in total. The molecule has 0 bridgehead atoms. The second-order valence-electron chi connectivity index (χ2n) is 5.34.